The fourth-order valence-corrected chi connectivity index (χ4v) is 4.95. The molecule has 47 heavy (non-hydrogen) atoms. The number of hydrogen-bond donors (Lipinski definition) is 5. The number of anilines is 3. The Labute approximate surface area is 314 Å². The molecule has 0 saturated carbocycles. The topological polar surface area (TPSA) is 186 Å². The van der Waals surface area contributed by atoms with Gasteiger partial charge >= 0.3 is 5.69 Å². The van der Waals surface area contributed by atoms with Gasteiger partial charge in [-0.25, -0.2) is 4.78 Å². The standard InChI is InChI=1S/C11H16N2O2.C11H18N2.C10H12FNO2.CH5N.Ar.HNS/c1-6-7(2)9(4)11(13(14)15)10(12-5)8(6)3;1-6-7(2)9(4)11(13-5)10(12)8(6)3;1-5-6(2)8(4)10(12(13)14)9(11)7(5)3;1-2;;1-2/h12H,1-5H3;13H,12H2,1-5H3;1-4H3;2H2,1H3;;1H. The number of halogens is 1. The Morgan fingerprint density at radius 2 is 0.830 bits per heavy atom. The number of nitro groups is 2. The third-order valence-electron chi connectivity index (χ3n) is 8.84. The van der Waals surface area contributed by atoms with Gasteiger partial charge in [0.2, 0.25) is 5.82 Å². The van der Waals surface area contributed by atoms with Gasteiger partial charge in [0, 0.05) is 75.4 Å². The molecule has 0 aliphatic heterocycles. The second kappa shape index (κ2) is 21.8. The number of nitro benzene ring substituents is 2. The minimum Gasteiger partial charge on any atom is -0.397 e. The van der Waals surface area contributed by atoms with E-state index in [0.717, 1.165) is 44.8 Å². The van der Waals surface area contributed by atoms with Crippen LogP contribution in [-0.2, 0) is 12.4 Å². The minimum absolute atomic E-state index is 0. The smallest absolute Gasteiger partial charge is 0.308 e. The van der Waals surface area contributed by atoms with Crippen molar-refractivity contribution in [2.24, 2.45) is 5.73 Å². The van der Waals surface area contributed by atoms with Gasteiger partial charge < -0.3 is 22.1 Å². The molecule has 0 aliphatic carbocycles. The number of nitrogen functional groups attached to an aromatic ring is 1. The summed E-state index contributed by atoms with van der Waals surface area (Å²) in [5.41, 5.74) is 24.1. The van der Waals surface area contributed by atoms with Crippen molar-refractivity contribution in [3.63, 3.8) is 0 Å². The fraction of sp³-hybridized carbons (Fsp3) is 0.455. The van der Waals surface area contributed by atoms with E-state index in [2.05, 4.69) is 56.5 Å². The maximum absolute atomic E-state index is 13.5. The zero-order valence-electron chi connectivity index (χ0n) is 30.3. The summed E-state index contributed by atoms with van der Waals surface area (Å²) in [6.45, 7) is 22.7. The van der Waals surface area contributed by atoms with Crippen LogP contribution in [0.5, 0.6) is 0 Å². The molecule has 0 saturated heterocycles. The molecule has 0 bridgehead atoms. The first-order valence-electron chi connectivity index (χ1n) is 14.4. The van der Waals surface area contributed by atoms with E-state index < -0.39 is 16.4 Å². The van der Waals surface area contributed by atoms with Gasteiger partial charge in [0.1, 0.15) is 5.69 Å². The van der Waals surface area contributed by atoms with Crippen LogP contribution < -0.4 is 22.1 Å². The van der Waals surface area contributed by atoms with Crippen molar-refractivity contribution < 1.29 is 52.0 Å². The van der Waals surface area contributed by atoms with Gasteiger partial charge in [0.15, 0.2) is 0 Å². The Bertz CT molecular complexity index is 1530. The maximum atomic E-state index is 13.5. The second-order valence-electron chi connectivity index (χ2n) is 10.7. The number of nitrogens with two attached hydrogens (primary N) is 2. The van der Waals surface area contributed by atoms with E-state index in [0.29, 0.717) is 16.8 Å². The average molecular weight is 702 g/mol. The zero-order chi connectivity index (χ0) is 37.0. The molecule has 264 valence electrons. The van der Waals surface area contributed by atoms with Crippen LogP contribution in [0.15, 0.2) is 0 Å². The van der Waals surface area contributed by atoms with Gasteiger partial charge in [0.25, 0.3) is 5.69 Å². The molecular formula is C33H52ArFN7O4S. The zero-order valence-corrected chi connectivity index (χ0v) is 31.8. The number of benzene rings is 3. The largest absolute Gasteiger partial charge is 0.397 e. The third-order valence-corrected chi connectivity index (χ3v) is 8.84. The molecule has 0 aromatic heterocycles. The Hall–Kier alpha value is -2.97. The Kier molecular flexibility index (Phi) is 22.5. The van der Waals surface area contributed by atoms with E-state index in [4.69, 9.17) is 10.5 Å². The molecule has 7 N–H and O–H groups in total. The summed E-state index contributed by atoms with van der Waals surface area (Å²) in [5.74, 6) is -0.712. The van der Waals surface area contributed by atoms with Crippen molar-refractivity contribution in [2.45, 2.75) is 83.1 Å². The first-order valence-corrected chi connectivity index (χ1v) is 14.8. The summed E-state index contributed by atoms with van der Waals surface area (Å²) in [6.07, 6.45) is 0. The Balaban J connectivity index is -0.000000581. The first kappa shape index (κ1) is 48.4. The minimum atomic E-state index is -0.712. The average Bonchev–Trinajstić information content (AvgIpc) is 3.04. The van der Waals surface area contributed by atoms with Crippen LogP contribution >= 0.6 is 0 Å². The van der Waals surface area contributed by atoms with Gasteiger partial charge in [0.05, 0.1) is 21.2 Å². The molecule has 0 unspecified atom stereocenters. The third kappa shape index (κ3) is 11.0. The van der Waals surface area contributed by atoms with Gasteiger partial charge in [-0.15, -0.1) is 0 Å². The molecule has 14 heteroatoms. The molecule has 0 radical (unpaired) electrons. The summed E-state index contributed by atoms with van der Waals surface area (Å²) in [7, 11) is 5.12. The molecule has 0 aliphatic rings. The summed E-state index contributed by atoms with van der Waals surface area (Å²) in [5, 5.41) is 27.7. The van der Waals surface area contributed by atoms with Crippen LogP contribution in [0.25, 0.3) is 0 Å². The summed E-state index contributed by atoms with van der Waals surface area (Å²) >= 11 is 3.33. The van der Waals surface area contributed by atoms with Crippen molar-refractivity contribution in [1.82, 2.24) is 0 Å². The van der Waals surface area contributed by atoms with Crippen LogP contribution in [0.3, 0.4) is 0 Å². The Morgan fingerprint density at radius 3 is 1.17 bits per heavy atom. The molecule has 3 rings (SSSR count). The van der Waals surface area contributed by atoms with E-state index in [1.54, 1.807) is 41.7 Å². The summed E-state index contributed by atoms with van der Waals surface area (Å²) in [6, 6.07) is 0. The van der Waals surface area contributed by atoms with Gasteiger partial charge in [-0.1, -0.05) is 0 Å². The second-order valence-corrected chi connectivity index (χ2v) is 10.7. The van der Waals surface area contributed by atoms with E-state index in [9.17, 15) is 24.6 Å². The van der Waals surface area contributed by atoms with E-state index in [-0.39, 0.29) is 48.3 Å². The molecule has 0 heterocycles. The van der Waals surface area contributed by atoms with Crippen molar-refractivity contribution in [1.29, 1.82) is 4.78 Å². The summed E-state index contributed by atoms with van der Waals surface area (Å²) in [4.78, 5) is 20.6. The van der Waals surface area contributed by atoms with Crippen LogP contribution in [0.2, 0.25) is 0 Å². The Morgan fingerprint density at radius 1 is 0.553 bits per heavy atom. The van der Waals surface area contributed by atoms with Crippen molar-refractivity contribution in [3.8, 4) is 0 Å². The van der Waals surface area contributed by atoms with Crippen LogP contribution in [0.1, 0.15) is 66.8 Å². The van der Waals surface area contributed by atoms with Crippen molar-refractivity contribution in [2.75, 3.05) is 37.5 Å². The molecule has 0 fully saturated rings. The van der Waals surface area contributed by atoms with Crippen molar-refractivity contribution >= 4 is 40.9 Å². The molecule has 3 aromatic rings. The normalized spacial score (nSPS) is 9.38. The fourth-order valence-electron chi connectivity index (χ4n) is 4.95. The SMILES string of the molecule is CN.CNc1c(C)c(C)c(C)c(C)c1N.CNc1c(C)c(C)c(C)c(C)c1[N+](=O)[O-].Cc1c(C)c(C)c([N+](=O)[O-])c(F)c1C.N=S.[Ar]. The monoisotopic (exact) mass is 701 g/mol. The van der Waals surface area contributed by atoms with Crippen LogP contribution in [0, 0.1) is 152 Å². The molecule has 3 aromatic carbocycles. The molecule has 0 atom stereocenters. The predicted molar refractivity (Wildman–Crippen MR) is 193 cm³/mol. The molecule has 11 nitrogen and oxygen atoms in total. The van der Waals surface area contributed by atoms with Crippen LogP contribution in [0.4, 0.5) is 32.8 Å². The van der Waals surface area contributed by atoms with Gasteiger partial charge in [-0.3, -0.25) is 20.2 Å². The van der Waals surface area contributed by atoms with Gasteiger partial charge in [-0.2, -0.15) is 4.39 Å². The number of nitrogens with one attached hydrogen (secondary N) is 3. The molecular weight excluding hydrogens is 649 g/mol. The van der Waals surface area contributed by atoms with E-state index in [1.165, 1.54) is 29.3 Å². The summed E-state index contributed by atoms with van der Waals surface area (Å²) < 4.78 is 18.8. The first-order chi connectivity index (χ1) is 21.3. The number of nitrogens with zero attached hydrogens (tertiary/aromatic N) is 2. The van der Waals surface area contributed by atoms with E-state index in [1.807, 2.05) is 27.8 Å². The molecule has 0 amide bonds. The quantitative estimate of drug-likeness (QED) is 0.101. The number of rotatable bonds is 4. The van der Waals surface area contributed by atoms with Crippen molar-refractivity contribution in [3.05, 3.63) is 92.8 Å². The number of hydrogen-bond acceptors (Lipinski definition) is 10. The molecule has 0 spiro atoms. The van der Waals surface area contributed by atoms with Crippen LogP contribution in [-0.4, -0.2) is 31.0 Å². The predicted octanol–water partition coefficient (Wildman–Crippen LogP) is 8.25. The van der Waals surface area contributed by atoms with E-state index >= 15 is 0 Å². The van der Waals surface area contributed by atoms with Gasteiger partial charge in [-0.05, 0) is 146 Å². The maximum Gasteiger partial charge on any atom is 0.308 e.